The second-order valence-corrected chi connectivity index (χ2v) is 5.77. The van der Waals surface area contributed by atoms with Crippen molar-refractivity contribution in [2.45, 2.75) is 6.92 Å². The van der Waals surface area contributed by atoms with E-state index in [2.05, 4.69) is 5.32 Å². The molecule has 0 aromatic heterocycles. The standard InChI is InChI=1S/C17H14Cl2FNO4/c1-10-6-7-11(18)17(16(10)19)21-14(22)8-25-15(23)9-24-13-5-3-2-4-12(13)20/h2-7H,8-9H2,1H3,(H,21,22). The van der Waals surface area contributed by atoms with E-state index in [0.29, 0.717) is 5.02 Å². The Balaban J connectivity index is 1.83. The highest BCUT2D eigenvalue weighted by Crippen LogP contribution is 2.32. The van der Waals surface area contributed by atoms with Crippen LogP contribution in [0.5, 0.6) is 5.75 Å². The lowest BCUT2D eigenvalue weighted by Crippen LogP contribution is -2.24. The summed E-state index contributed by atoms with van der Waals surface area (Å²) in [6, 6.07) is 8.92. The minimum absolute atomic E-state index is 0.0813. The second-order valence-electron chi connectivity index (χ2n) is 4.98. The van der Waals surface area contributed by atoms with Crippen LogP contribution in [-0.2, 0) is 14.3 Å². The van der Waals surface area contributed by atoms with Gasteiger partial charge in [-0.05, 0) is 30.7 Å². The molecule has 0 saturated heterocycles. The van der Waals surface area contributed by atoms with E-state index in [1.54, 1.807) is 25.1 Å². The van der Waals surface area contributed by atoms with Crippen molar-refractivity contribution in [2.75, 3.05) is 18.5 Å². The molecule has 0 radical (unpaired) electrons. The highest BCUT2D eigenvalue weighted by atomic mass is 35.5. The zero-order valence-corrected chi connectivity index (χ0v) is 14.7. The lowest BCUT2D eigenvalue weighted by molar-refractivity contribution is -0.149. The molecule has 0 saturated carbocycles. The third kappa shape index (κ3) is 5.34. The first kappa shape index (κ1) is 19.0. The zero-order chi connectivity index (χ0) is 18.4. The number of hydrogen-bond donors (Lipinski definition) is 1. The summed E-state index contributed by atoms with van der Waals surface area (Å²) in [5, 5.41) is 3.04. The normalized spacial score (nSPS) is 10.2. The third-order valence-corrected chi connectivity index (χ3v) is 3.90. The molecule has 132 valence electrons. The monoisotopic (exact) mass is 385 g/mol. The maximum atomic E-state index is 13.3. The van der Waals surface area contributed by atoms with E-state index < -0.39 is 30.9 Å². The molecule has 5 nitrogen and oxygen atoms in total. The maximum absolute atomic E-state index is 13.3. The van der Waals surface area contributed by atoms with Gasteiger partial charge in [-0.25, -0.2) is 9.18 Å². The van der Waals surface area contributed by atoms with E-state index in [1.807, 2.05) is 0 Å². The quantitative estimate of drug-likeness (QED) is 0.763. The topological polar surface area (TPSA) is 64.6 Å². The van der Waals surface area contributed by atoms with Crippen molar-refractivity contribution in [1.82, 2.24) is 0 Å². The molecule has 25 heavy (non-hydrogen) atoms. The number of amides is 1. The van der Waals surface area contributed by atoms with Gasteiger partial charge in [0.2, 0.25) is 0 Å². The lowest BCUT2D eigenvalue weighted by Gasteiger charge is -2.11. The Labute approximate surface area is 153 Å². The molecule has 8 heteroatoms. The Hall–Kier alpha value is -2.31. The van der Waals surface area contributed by atoms with Gasteiger partial charge in [-0.3, -0.25) is 4.79 Å². The number of halogens is 3. The Morgan fingerprint density at radius 1 is 1.12 bits per heavy atom. The van der Waals surface area contributed by atoms with Gasteiger partial charge in [-0.15, -0.1) is 0 Å². The number of carbonyl (C=O) groups excluding carboxylic acids is 2. The Morgan fingerprint density at radius 3 is 2.56 bits per heavy atom. The van der Waals surface area contributed by atoms with Crippen LogP contribution in [-0.4, -0.2) is 25.1 Å². The molecule has 1 N–H and O–H groups in total. The van der Waals surface area contributed by atoms with Gasteiger partial charge in [0.15, 0.2) is 24.8 Å². The first-order valence-electron chi connectivity index (χ1n) is 7.16. The molecular weight excluding hydrogens is 372 g/mol. The van der Waals surface area contributed by atoms with Gasteiger partial charge in [-0.2, -0.15) is 0 Å². The fourth-order valence-corrected chi connectivity index (χ4v) is 2.30. The Bertz CT molecular complexity index is 798. The third-order valence-electron chi connectivity index (χ3n) is 3.10. The summed E-state index contributed by atoms with van der Waals surface area (Å²) in [5.74, 6) is -2.12. The minimum atomic E-state index is -0.820. The number of esters is 1. The number of hydrogen-bond acceptors (Lipinski definition) is 4. The predicted molar refractivity (Wildman–Crippen MR) is 92.7 cm³/mol. The van der Waals surface area contributed by atoms with Gasteiger partial charge in [0.1, 0.15) is 0 Å². The molecule has 2 aromatic carbocycles. The van der Waals surface area contributed by atoms with Crippen LogP contribution in [0.1, 0.15) is 5.56 Å². The largest absolute Gasteiger partial charge is 0.479 e. The highest BCUT2D eigenvalue weighted by molar-refractivity contribution is 6.40. The fraction of sp³-hybridized carbons (Fsp3) is 0.176. The molecular formula is C17H14Cl2FNO4. The maximum Gasteiger partial charge on any atom is 0.344 e. The smallest absolute Gasteiger partial charge is 0.344 e. The Kier molecular flexibility index (Phi) is 6.61. The summed E-state index contributed by atoms with van der Waals surface area (Å²) >= 11 is 12.1. The van der Waals surface area contributed by atoms with Crippen molar-refractivity contribution in [3.63, 3.8) is 0 Å². The number of rotatable bonds is 6. The van der Waals surface area contributed by atoms with Gasteiger partial charge in [-0.1, -0.05) is 41.4 Å². The fourth-order valence-electron chi connectivity index (χ4n) is 1.83. The molecule has 0 spiro atoms. The van der Waals surface area contributed by atoms with E-state index in [-0.39, 0.29) is 16.5 Å². The van der Waals surface area contributed by atoms with Gasteiger partial charge in [0.25, 0.3) is 5.91 Å². The molecule has 0 aliphatic carbocycles. The molecule has 0 heterocycles. The number of ether oxygens (including phenoxy) is 2. The van der Waals surface area contributed by atoms with E-state index in [4.69, 9.17) is 32.7 Å². The molecule has 2 aromatic rings. The molecule has 1 amide bonds. The molecule has 0 aliphatic heterocycles. The van der Waals surface area contributed by atoms with Crippen LogP contribution in [0.4, 0.5) is 10.1 Å². The van der Waals surface area contributed by atoms with Crippen LogP contribution in [0.3, 0.4) is 0 Å². The SMILES string of the molecule is Cc1ccc(Cl)c(NC(=O)COC(=O)COc2ccccc2F)c1Cl. The van der Waals surface area contributed by atoms with Gasteiger partial charge in [0.05, 0.1) is 15.7 Å². The van der Waals surface area contributed by atoms with E-state index in [0.717, 1.165) is 5.56 Å². The number of benzene rings is 2. The van der Waals surface area contributed by atoms with Crippen molar-refractivity contribution < 1.29 is 23.5 Å². The van der Waals surface area contributed by atoms with E-state index in [9.17, 15) is 14.0 Å². The molecule has 0 unspecified atom stereocenters. The first-order chi connectivity index (χ1) is 11.9. The van der Waals surface area contributed by atoms with Gasteiger partial charge < -0.3 is 14.8 Å². The van der Waals surface area contributed by atoms with Crippen LogP contribution in [0.15, 0.2) is 36.4 Å². The molecule has 0 fully saturated rings. The summed E-state index contributed by atoms with van der Waals surface area (Å²) < 4.78 is 23.1. The highest BCUT2D eigenvalue weighted by Gasteiger charge is 2.14. The van der Waals surface area contributed by atoms with Gasteiger partial charge >= 0.3 is 5.97 Å². The average molecular weight is 386 g/mol. The van der Waals surface area contributed by atoms with Crippen molar-refractivity contribution >= 4 is 40.8 Å². The molecule has 0 atom stereocenters. The minimum Gasteiger partial charge on any atom is -0.479 e. The molecule has 0 bridgehead atoms. The number of anilines is 1. The molecule has 2 rings (SSSR count). The zero-order valence-electron chi connectivity index (χ0n) is 13.1. The number of carbonyl (C=O) groups is 2. The number of aryl methyl sites for hydroxylation is 1. The van der Waals surface area contributed by atoms with E-state index in [1.165, 1.54) is 18.2 Å². The summed E-state index contributed by atoms with van der Waals surface area (Å²) in [6.07, 6.45) is 0. The van der Waals surface area contributed by atoms with Crippen molar-refractivity contribution in [3.8, 4) is 5.75 Å². The average Bonchev–Trinajstić information content (AvgIpc) is 2.59. The van der Waals surface area contributed by atoms with Gasteiger partial charge in [0, 0.05) is 0 Å². The number of nitrogens with one attached hydrogen (secondary N) is 1. The summed E-state index contributed by atoms with van der Waals surface area (Å²) in [4.78, 5) is 23.4. The van der Waals surface area contributed by atoms with Crippen LogP contribution >= 0.6 is 23.2 Å². The predicted octanol–water partition coefficient (Wildman–Crippen LogP) is 4.00. The summed E-state index contributed by atoms with van der Waals surface area (Å²) in [6.45, 7) is 0.675. The lowest BCUT2D eigenvalue weighted by atomic mass is 10.2. The molecule has 0 aliphatic rings. The van der Waals surface area contributed by atoms with Crippen LogP contribution in [0.2, 0.25) is 10.0 Å². The summed E-state index contributed by atoms with van der Waals surface area (Å²) in [7, 11) is 0. The second kappa shape index (κ2) is 8.69. The van der Waals surface area contributed by atoms with Crippen LogP contribution in [0.25, 0.3) is 0 Å². The van der Waals surface area contributed by atoms with Crippen molar-refractivity contribution in [3.05, 3.63) is 57.8 Å². The van der Waals surface area contributed by atoms with Crippen LogP contribution in [0, 0.1) is 12.7 Å². The first-order valence-corrected chi connectivity index (χ1v) is 7.91. The number of para-hydroxylation sites is 1. The summed E-state index contributed by atoms with van der Waals surface area (Å²) in [5.41, 5.74) is 0.976. The van der Waals surface area contributed by atoms with Crippen molar-refractivity contribution in [1.29, 1.82) is 0 Å². The Morgan fingerprint density at radius 2 is 1.84 bits per heavy atom. The van der Waals surface area contributed by atoms with Crippen molar-refractivity contribution in [2.24, 2.45) is 0 Å². The van der Waals surface area contributed by atoms with E-state index >= 15 is 0 Å². The van der Waals surface area contributed by atoms with Crippen LogP contribution < -0.4 is 10.1 Å².